The Hall–Kier alpha value is -2.13. The van der Waals surface area contributed by atoms with E-state index in [0.717, 1.165) is 54.2 Å². The van der Waals surface area contributed by atoms with E-state index in [2.05, 4.69) is 27.3 Å². The summed E-state index contributed by atoms with van der Waals surface area (Å²) in [5.41, 5.74) is 0.789. The van der Waals surface area contributed by atoms with Gasteiger partial charge in [-0.25, -0.2) is 0 Å². The SMILES string of the molecule is CCCCC(=O)N1CCN(c2nnc(SCC(=O)Nc3ccccc3)s2)CC1. The number of carbonyl (C=O) groups excluding carboxylic acids is 2. The van der Waals surface area contributed by atoms with E-state index in [1.165, 1.54) is 23.1 Å². The molecule has 0 radical (unpaired) electrons. The number of piperazine rings is 1. The second kappa shape index (κ2) is 10.4. The number of amides is 2. The molecule has 1 saturated heterocycles. The third-order valence-electron chi connectivity index (χ3n) is 4.43. The summed E-state index contributed by atoms with van der Waals surface area (Å²) >= 11 is 2.88. The Morgan fingerprint density at radius 1 is 1.14 bits per heavy atom. The quantitative estimate of drug-likeness (QED) is 0.663. The van der Waals surface area contributed by atoms with E-state index in [4.69, 9.17) is 0 Å². The molecule has 1 aliphatic heterocycles. The van der Waals surface area contributed by atoms with Gasteiger partial charge in [0.2, 0.25) is 16.9 Å². The van der Waals surface area contributed by atoms with Crippen molar-refractivity contribution in [3.63, 3.8) is 0 Å². The summed E-state index contributed by atoms with van der Waals surface area (Å²) in [5.74, 6) is 0.482. The predicted molar refractivity (Wildman–Crippen MR) is 114 cm³/mol. The minimum absolute atomic E-state index is 0.0628. The van der Waals surface area contributed by atoms with Gasteiger partial charge in [-0.2, -0.15) is 0 Å². The van der Waals surface area contributed by atoms with Gasteiger partial charge in [-0.1, -0.05) is 54.6 Å². The molecule has 1 N–H and O–H groups in total. The van der Waals surface area contributed by atoms with Gasteiger partial charge in [0, 0.05) is 38.3 Å². The van der Waals surface area contributed by atoms with Crippen LogP contribution in [-0.4, -0.2) is 58.8 Å². The zero-order chi connectivity index (χ0) is 19.8. The molecule has 0 spiro atoms. The van der Waals surface area contributed by atoms with Crippen molar-refractivity contribution < 1.29 is 9.59 Å². The molecule has 1 fully saturated rings. The third kappa shape index (κ3) is 5.93. The van der Waals surface area contributed by atoms with Gasteiger partial charge in [-0.05, 0) is 18.6 Å². The molecule has 0 saturated carbocycles. The van der Waals surface area contributed by atoms with E-state index in [0.29, 0.717) is 12.2 Å². The maximum Gasteiger partial charge on any atom is 0.234 e. The number of nitrogens with zero attached hydrogens (tertiary/aromatic N) is 4. The van der Waals surface area contributed by atoms with E-state index in [9.17, 15) is 9.59 Å². The number of anilines is 2. The Morgan fingerprint density at radius 2 is 1.89 bits per heavy atom. The molecule has 0 bridgehead atoms. The highest BCUT2D eigenvalue weighted by Gasteiger charge is 2.23. The molecule has 28 heavy (non-hydrogen) atoms. The van der Waals surface area contributed by atoms with Crippen LogP contribution in [0.1, 0.15) is 26.2 Å². The third-order valence-corrected chi connectivity index (χ3v) is 6.54. The summed E-state index contributed by atoms with van der Waals surface area (Å²) in [6.07, 6.45) is 2.63. The number of nitrogens with one attached hydrogen (secondary N) is 1. The van der Waals surface area contributed by atoms with Crippen LogP contribution in [0, 0.1) is 0 Å². The standard InChI is InChI=1S/C19H25N5O2S2/c1-2-3-9-17(26)23-10-12-24(13-11-23)18-21-22-19(28-18)27-14-16(25)20-15-7-5-4-6-8-15/h4-8H,2-3,9-14H2,1H3,(H,20,25). The van der Waals surface area contributed by atoms with Gasteiger partial charge < -0.3 is 15.1 Å². The normalized spacial score (nSPS) is 14.2. The molecule has 1 aliphatic rings. The highest BCUT2D eigenvalue weighted by molar-refractivity contribution is 8.01. The van der Waals surface area contributed by atoms with Crippen LogP contribution in [-0.2, 0) is 9.59 Å². The van der Waals surface area contributed by atoms with E-state index in [1.54, 1.807) is 0 Å². The summed E-state index contributed by atoms with van der Waals surface area (Å²) in [7, 11) is 0. The smallest absolute Gasteiger partial charge is 0.234 e. The van der Waals surface area contributed by atoms with Crippen LogP contribution < -0.4 is 10.2 Å². The number of aromatic nitrogens is 2. The van der Waals surface area contributed by atoms with Gasteiger partial charge in [0.25, 0.3) is 0 Å². The fourth-order valence-electron chi connectivity index (χ4n) is 2.87. The van der Waals surface area contributed by atoms with Crippen molar-refractivity contribution in [2.75, 3.05) is 42.1 Å². The molecule has 150 valence electrons. The highest BCUT2D eigenvalue weighted by Crippen LogP contribution is 2.28. The van der Waals surface area contributed by atoms with Crippen molar-refractivity contribution in [1.82, 2.24) is 15.1 Å². The summed E-state index contributed by atoms with van der Waals surface area (Å²) < 4.78 is 0.777. The minimum atomic E-state index is -0.0628. The maximum atomic E-state index is 12.1. The van der Waals surface area contributed by atoms with Gasteiger partial charge in [0.05, 0.1) is 5.75 Å². The van der Waals surface area contributed by atoms with Gasteiger partial charge in [0.1, 0.15) is 0 Å². The van der Waals surface area contributed by atoms with Crippen LogP contribution in [0.25, 0.3) is 0 Å². The van der Waals surface area contributed by atoms with Crippen molar-refractivity contribution in [3.8, 4) is 0 Å². The number of unbranched alkanes of at least 4 members (excludes halogenated alkanes) is 1. The topological polar surface area (TPSA) is 78.4 Å². The molecule has 2 amide bonds. The van der Waals surface area contributed by atoms with Crippen molar-refractivity contribution in [1.29, 1.82) is 0 Å². The summed E-state index contributed by atoms with van der Waals surface area (Å²) in [6.45, 7) is 5.09. The van der Waals surface area contributed by atoms with Gasteiger partial charge in [-0.3, -0.25) is 9.59 Å². The zero-order valence-corrected chi connectivity index (χ0v) is 17.6. The Labute approximate surface area is 173 Å². The molecule has 1 aromatic carbocycles. The Morgan fingerprint density at radius 3 is 2.61 bits per heavy atom. The van der Waals surface area contributed by atoms with E-state index in [1.807, 2.05) is 35.2 Å². The van der Waals surface area contributed by atoms with Crippen molar-refractivity contribution in [2.24, 2.45) is 0 Å². The fraction of sp³-hybridized carbons (Fsp3) is 0.474. The second-order valence-electron chi connectivity index (χ2n) is 6.52. The molecule has 1 aromatic heterocycles. The predicted octanol–water partition coefficient (Wildman–Crippen LogP) is 3.11. The van der Waals surface area contributed by atoms with Gasteiger partial charge in [-0.15, -0.1) is 10.2 Å². The van der Waals surface area contributed by atoms with Crippen LogP contribution in [0.3, 0.4) is 0 Å². The van der Waals surface area contributed by atoms with E-state index < -0.39 is 0 Å². The molecule has 2 heterocycles. The Kier molecular flexibility index (Phi) is 7.67. The van der Waals surface area contributed by atoms with Crippen molar-refractivity contribution in [3.05, 3.63) is 30.3 Å². The first-order valence-corrected chi connectivity index (χ1v) is 11.3. The highest BCUT2D eigenvalue weighted by atomic mass is 32.2. The lowest BCUT2D eigenvalue weighted by molar-refractivity contribution is -0.131. The lowest BCUT2D eigenvalue weighted by Gasteiger charge is -2.34. The molecule has 3 rings (SSSR count). The number of hydrogen-bond acceptors (Lipinski definition) is 7. The molecule has 0 atom stereocenters. The maximum absolute atomic E-state index is 12.1. The lowest BCUT2D eigenvalue weighted by atomic mass is 10.2. The molecule has 2 aromatic rings. The Balaban J connectivity index is 1.43. The van der Waals surface area contributed by atoms with Crippen LogP contribution >= 0.6 is 23.1 Å². The zero-order valence-electron chi connectivity index (χ0n) is 16.0. The van der Waals surface area contributed by atoms with Crippen LogP contribution in [0.5, 0.6) is 0 Å². The van der Waals surface area contributed by atoms with Crippen molar-refractivity contribution in [2.45, 2.75) is 30.5 Å². The van der Waals surface area contributed by atoms with Gasteiger partial charge >= 0.3 is 0 Å². The van der Waals surface area contributed by atoms with E-state index >= 15 is 0 Å². The summed E-state index contributed by atoms with van der Waals surface area (Å²) in [6, 6.07) is 9.40. The number of carbonyl (C=O) groups is 2. The van der Waals surface area contributed by atoms with Gasteiger partial charge in [0.15, 0.2) is 4.34 Å². The number of rotatable bonds is 8. The first-order valence-electron chi connectivity index (χ1n) is 9.49. The van der Waals surface area contributed by atoms with E-state index in [-0.39, 0.29) is 11.8 Å². The average molecular weight is 420 g/mol. The fourth-order valence-corrected chi connectivity index (χ4v) is 4.56. The number of hydrogen-bond donors (Lipinski definition) is 1. The van der Waals surface area contributed by atoms with Crippen LogP contribution in [0.15, 0.2) is 34.7 Å². The van der Waals surface area contributed by atoms with Crippen molar-refractivity contribution >= 4 is 45.7 Å². The first-order chi connectivity index (χ1) is 13.7. The first kappa shape index (κ1) is 20.6. The molecule has 9 heteroatoms. The monoisotopic (exact) mass is 419 g/mol. The second-order valence-corrected chi connectivity index (χ2v) is 8.70. The largest absolute Gasteiger partial charge is 0.343 e. The molecule has 7 nitrogen and oxygen atoms in total. The Bertz CT molecular complexity index is 776. The summed E-state index contributed by atoms with van der Waals surface area (Å²) in [5, 5.41) is 12.2. The molecular weight excluding hydrogens is 394 g/mol. The van der Waals surface area contributed by atoms with Crippen LogP contribution in [0.2, 0.25) is 0 Å². The minimum Gasteiger partial charge on any atom is -0.343 e. The number of thioether (sulfide) groups is 1. The van der Waals surface area contributed by atoms with Crippen LogP contribution in [0.4, 0.5) is 10.8 Å². The average Bonchev–Trinajstić information content (AvgIpc) is 3.20. The number of benzene rings is 1. The molecule has 0 unspecified atom stereocenters. The number of para-hydroxylation sites is 1. The molecule has 0 aliphatic carbocycles. The lowest BCUT2D eigenvalue weighted by Crippen LogP contribution is -2.48. The summed E-state index contributed by atoms with van der Waals surface area (Å²) in [4.78, 5) is 28.3. The molecular formula is C19H25N5O2S2.